The van der Waals surface area contributed by atoms with E-state index in [-0.39, 0.29) is 17.5 Å². The first-order valence-corrected chi connectivity index (χ1v) is 7.29. The molecular formula is C11H18N2O3S. The van der Waals surface area contributed by atoms with Crippen molar-refractivity contribution < 1.29 is 13.5 Å². The van der Waals surface area contributed by atoms with Crippen LogP contribution in [0.4, 0.5) is 5.82 Å². The summed E-state index contributed by atoms with van der Waals surface area (Å²) in [6, 6.07) is 3.19. The maximum Gasteiger partial charge on any atom is 0.179 e. The van der Waals surface area contributed by atoms with Crippen LogP contribution in [0.1, 0.15) is 13.8 Å². The van der Waals surface area contributed by atoms with Gasteiger partial charge >= 0.3 is 0 Å². The molecule has 0 aliphatic carbocycles. The Morgan fingerprint density at radius 3 is 2.59 bits per heavy atom. The summed E-state index contributed by atoms with van der Waals surface area (Å²) in [5.41, 5.74) is 0. The summed E-state index contributed by atoms with van der Waals surface area (Å²) in [6.07, 6.45) is 2.71. The zero-order valence-corrected chi connectivity index (χ0v) is 11.1. The van der Waals surface area contributed by atoms with Gasteiger partial charge in [-0.3, -0.25) is 0 Å². The molecule has 0 radical (unpaired) electrons. The van der Waals surface area contributed by atoms with Gasteiger partial charge in [-0.1, -0.05) is 0 Å². The summed E-state index contributed by atoms with van der Waals surface area (Å²) in [5, 5.41) is 9.02. The summed E-state index contributed by atoms with van der Waals surface area (Å²) in [6.45, 7) is 4.17. The summed E-state index contributed by atoms with van der Waals surface area (Å²) < 4.78 is 23.3. The second-order valence-corrected chi connectivity index (χ2v) is 6.09. The van der Waals surface area contributed by atoms with Crippen molar-refractivity contribution in [2.24, 2.45) is 0 Å². The molecule has 96 valence electrons. The Morgan fingerprint density at radius 1 is 1.47 bits per heavy atom. The molecule has 0 unspecified atom stereocenters. The van der Waals surface area contributed by atoms with Gasteiger partial charge in [-0.15, -0.1) is 0 Å². The average molecular weight is 258 g/mol. The number of aliphatic hydroxyl groups is 1. The van der Waals surface area contributed by atoms with Crippen LogP contribution < -0.4 is 4.90 Å². The van der Waals surface area contributed by atoms with Crippen LogP contribution >= 0.6 is 0 Å². The lowest BCUT2D eigenvalue weighted by molar-refractivity contribution is 0.298. The van der Waals surface area contributed by atoms with Gasteiger partial charge in [0.1, 0.15) is 10.7 Å². The number of sulfone groups is 1. The fraction of sp³-hybridized carbons (Fsp3) is 0.545. The van der Waals surface area contributed by atoms with Gasteiger partial charge in [0, 0.05) is 25.0 Å². The van der Waals surface area contributed by atoms with E-state index in [1.165, 1.54) is 6.07 Å². The van der Waals surface area contributed by atoms with E-state index in [9.17, 15) is 8.42 Å². The van der Waals surface area contributed by atoms with Crippen LogP contribution in [0.25, 0.3) is 0 Å². The van der Waals surface area contributed by atoms with Crippen LogP contribution in [0.3, 0.4) is 0 Å². The molecule has 0 aliphatic rings. The molecule has 0 aliphatic heterocycles. The first-order valence-electron chi connectivity index (χ1n) is 5.40. The summed E-state index contributed by atoms with van der Waals surface area (Å²) in [7, 11) is -3.32. The third-order valence-electron chi connectivity index (χ3n) is 2.39. The second-order valence-electron chi connectivity index (χ2n) is 4.11. The average Bonchev–Trinajstić information content (AvgIpc) is 2.24. The van der Waals surface area contributed by atoms with Crippen molar-refractivity contribution in [3.63, 3.8) is 0 Å². The van der Waals surface area contributed by atoms with Gasteiger partial charge in [0.05, 0.1) is 6.61 Å². The molecule has 0 saturated heterocycles. The highest BCUT2D eigenvalue weighted by Crippen LogP contribution is 2.23. The summed E-state index contributed by atoms with van der Waals surface area (Å²) in [4.78, 5) is 6.09. The Morgan fingerprint density at radius 2 is 2.12 bits per heavy atom. The van der Waals surface area contributed by atoms with E-state index in [1.807, 2.05) is 13.8 Å². The Kier molecular flexibility index (Phi) is 4.47. The van der Waals surface area contributed by atoms with E-state index in [0.717, 1.165) is 6.26 Å². The lowest BCUT2D eigenvalue weighted by atomic mass is 10.3. The number of aromatic nitrogens is 1. The molecule has 1 rings (SSSR count). The Bertz CT molecular complexity index is 471. The van der Waals surface area contributed by atoms with Gasteiger partial charge < -0.3 is 10.0 Å². The Balaban J connectivity index is 3.29. The molecule has 0 fully saturated rings. The molecular weight excluding hydrogens is 240 g/mol. The van der Waals surface area contributed by atoms with Crippen molar-refractivity contribution in [3.8, 4) is 0 Å². The number of hydrogen-bond donors (Lipinski definition) is 1. The summed E-state index contributed by atoms with van der Waals surface area (Å²) in [5.74, 6) is 0.402. The quantitative estimate of drug-likeness (QED) is 0.841. The topological polar surface area (TPSA) is 70.5 Å². The third kappa shape index (κ3) is 3.41. The van der Waals surface area contributed by atoms with Crippen molar-refractivity contribution in [1.29, 1.82) is 0 Å². The molecule has 1 aromatic rings. The second kappa shape index (κ2) is 5.46. The molecule has 0 spiro atoms. The van der Waals surface area contributed by atoms with E-state index >= 15 is 0 Å². The van der Waals surface area contributed by atoms with Crippen LogP contribution in [-0.2, 0) is 9.84 Å². The minimum atomic E-state index is -3.32. The van der Waals surface area contributed by atoms with Crippen molar-refractivity contribution >= 4 is 15.7 Å². The number of pyridine rings is 1. The summed E-state index contributed by atoms with van der Waals surface area (Å²) >= 11 is 0. The molecule has 0 saturated carbocycles. The molecule has 5 nitrogen and oxygen atoms in total. The normalized spacial score (nSPS) is 11.8. The van der Waals surface area contributed by atoms with E-state index < -0.39 is 9.84 Å². The lowest BCUT2D eigenvalue weighted by Crippen LogP contribution is -2.35. The molecule has 0 aromatic carbocycles. The highest BCUT2D eigenvalue weighted by atomic mass is 32.2. The van der Waals surface area contributed by atoms with E-state index in [2.05, 4.69) is 4.98 Å². The van der Waals surface area contributed by atoms with E-state index in [0.29, 0.717) is 12.4 Å². The highest BCUT2D eigenvalue weighted by molar-refractivity contribution is 7.90. The zero-order valence-electron chi connectivity index (χ0n) is 10.3. The fourth-order valence-electron chi connectivity index (χ4n) is 1.60. The van der Waals surface area contributed by atoms with Crippen LogP contribution in [0.5, 0.6) is 0 Å². The van der Waals surface area contributed by atoms with Crippen LogP contribution in [0.15, 0.2) is 23.2 Å². The first kappa shape index (κ1) is 13.9. The van der Waals surface area contributed by atoms with Crippen molar-refractivity contribution in [2.75, 3.05) is 24.3 Å². The smallest absolute Gasteiger partial charge is 0.179 e. The maximum absolute atomic E-state index is 11.7. The zero-order chi connectivity index (χ0) is 13.1. The molecule has 0 amide bonds. The predicted molar refractivity (Wildman–Crippen MR) is 66.9 cm³/mol. The molecule has 1 heterocycles. The van der Waals surface area contributed by atoms with Gasteiger partial charge in [0.25, 0.3) is 0 Å². The molecule has 1 N–H and O–H groups in total. The van der Waals surface area contributed by atoms with Gasteiger partial charge in [0.15, 0.2) is 9.84 Å². The fourth-order valence-corrected chi connectivity index (χ4v) is 2.43. The van der Waals surface area contributed by atoms with Gasteiger partial charge in [0.2, 0.25) is 0 Å². The maximum atomic E-state index is 11.7. The minimum Gasteiger partial charge on any atom is -0.395 e. The third-order valence-corrected chi connectivity index (χ3v) is 3.50. The molecule has 6 heteroatoms. The minimum absolute atomic E-state index is 0.0437. The van der Waals surface area contributed by atoms with Crippen LogP contribution in [-0.4, -0.2) is 44.0 Å². The largest absolute Gasteiger partial charge is 0.395 e. The van der Waals surface area contributed by atoms with Crippen LogP contribution in [0.2, 0.25) is 0 Å². The molecule has 17 heavy (non-hydrogen) atoms. The monoisotopic (exact) mass is 258 g/mol. The van der Waals surface area contributed by atoms with E-state index in [1.54, 1.807) is 17.2 Å². The first-order chi connectivity index (χ1) is 7.88. The van der Waals surface area contributed by atoms with Gasteiger partial charge in [-0.25, -0.2) is 13.4 Å². The molecule has 0 bridgehead atoms. The van der Waals surface area contributed by atoms with Gasteiger partial charge in [-0.05, 0) is 26.0 Å². The van der Waals surface area contributed by atoms with Crippen molar-refractivity contribution in [3.05, 3.63) is 18.3 Å². The molecule has 1 aromatic heterocycles. The number of rotatable bonds is 5. The van der Waals surface area contributed by atoms with Crippen molar-refractivity contribution in [1.82, 2.24) is 4.98 Å². The lowest BCUT2D eigenvalue weighted by Gasteiger charge is -2.28. The van der Waals surface area contributed by atoms with E-state index in [4.69, 9.17) is 5.11 Å². The Labute approximate surface area is 102 Å². The number of anilines is 1. The predicted octanol–water partition coefficient (Wildman–Crippen LogP) is 0.692. The van der Waals surface area contributed by atoms with Crippen molar-refractivity contribution in [2.45, 2.75) is 24.8 Å². The Hall–Kier alpha value is -1.14. The highest BCUT2D eigenvalue weighted by Gasteiger charge is 2.20. The SMILES string of the molecule is CC(C)N(CCO)c1ncccc1S(C)(=O)=O. The molecule has 0 atom stereocenters. The number of nitrogens with zero attached hydrogens (tertiary/aromatic N) is 2. The number of aliphatic hydroxyl groups excluding tert-OH is 1. The van der Waals surface area contributed by atoms with Crippen LogP contribution in [0, 0.1) is 0 Å². The number of hydrogen-bond acceptors (Lipinski definition) is 5. The standard InChI is InChI=1S/C11H18N2O3S/c1-9(2)13(7-8-14)11-10(17(3,15)16)5-4-6-12-11/h4-6,9,14H,7-8H2,1-3H3. The van der Waals surface area contributed by atoms with Gasteiger partial charge in [-0.2, -0.15) is 0 Å².